The van der Waals surface area contributed by atoms with Crippen molar-refractivity contribution in [3.63, 3.8) is 0 Å². The molecule has 1 N–H and O–H groups in total. The normalized spacial score (nSPS) is 12.2. The van der Waals surface area contributed by atoms with Crippen LogP contribution in [0.5, 0.6) is 5.75 Å². The van der Waals surface area contributed by atoms with Crippen molar-refractivity contribution >= 4 is 0 Å². The van der Waals surface area contributed by atoms with Crippen molar-refractivity contribution in [2.75, 3.05) is 13.2 Å². The van der Waals surface area contributed by atoms with Crippen LogP contribution in [0.1, 0.15) is 45.6 Å². The number of hydrogen-bond acceptors (Lipinski definition) is 2. The number of hydrogen-bond donors (Lipinski definition) is 1. The van der Waals surface area contributed by atoms with E-state index in [-0.39, 0.29) is 0 Å². The van der Waals surface area contributed by atoms with E-state index in [1.165, 1.54) is 18.4 Å². The molecule has 1 aromatic carbocycles. The fraction of sp³-hybridized carbons (Fsp3) is 0.556. The summed E-state index contributed by atoms with van der Waals surface area (Å²) in [5.41, 5.74) is 2.50. The van der Waals surface area contributed by atoms with Gasteiger partial charge in [-0.3, -0.25) is 0 Å². The van der Waals surface area contributed by atoms with Crippen molar-refractivity contribution in [3.8, 4) is 5.75 Å². The molecule has 112 valence electrons. The molecular weight excluding hydrogens is 246 g/mol. The zero-order valence-electron chi connectivity index (χ0n) is 13.2. The van der Waals surface area contributed by atoms with Crippen molar-refractivity contribution in [1.29, 1.82) is 0 Å². The van der Waals surface area contributed by atoms with Gasteiger partial charge in [0, 0.05) is 6.04 Å². The van der Waals surface area contributed by atoms with Crippen LogP contribution >= 0.6 is 0 Å². The molecule has 0 amide bonds. The highest BCUT2D eigenvalue weighted by Gasteiger charge is 2.02. The second kappa shape index (κ2) is 9.60. The first-order valence-electron chi connectivity index (χ1n) is 7.77. The predicted octanol–water partition coefficient (Wildman–Crippen LogP) is 4.35. The van der Waals surface area contributed by atoms with E-state index >= 15 is 0 Å². The van der Waals surface area contributed by atoms with E-state index in [4.69, 9.17) is 4.74 Å². The van der Waals surface area contributed by atoms with Crippen LogP contribution < -0.4 is 10.1 Å². The molecule has 2 nitrogen and oxygen atoms in total. The summed E-state index contributed by atoms with van der Waals surface area (Å²) >= 11 is 0. The Kier molecular flexibility index (Phi) is 8.05. The van der Waals surface area contributed by atoms with Crippen LogP contribution in [0.2, 0.25) is 0 Å². The molecule has 0 radical (unpaired) electrons. The van der Waals surface area contributed by atoms with Gasteiger partial charge in [-0.25, -0.2) is 0 Å². The molecule has 0 heterocycles. The van der Waals surface area contributed by atoms with Crippen LogP contribution in [0, 0.1) is 0 Å². The molecule has 0 fully saturated rings. The molecule has 1 aromatic rings. The SMILES string of the molecule is C=C(CC)COc1ccc(CCC(C)NCCC)cc1. The van der Waals surface area contributed by atoms with Gasteiger partial charge in [0.25, 0.3) is 0 Å². The summed E-state index contributed by atoms with van der Waals surface area (Å²) in [4.78, 5) is 0. The fourth-order valence-electron chi connectivity index (χ4n) is 1.92. The van der Waals surface area contributed by atoms with E-state index < -0.39 is 0 Å². The summed E-state index contributed by atoms with van der Waals surface area (Å²) in [6.45, 7) is 12.2. The first kappa shape index (κ1) is 16.8. The Bertz CT molecular complexity index is 383. The van der Waals surface area contributed by atoms with Crippen LogP contribution in [0.3, 0.4) is 0 Å². The van der Waals surface area contributed by atoms with E-state index in [9.17, 15) is 0 Å². The third-order valence-electron chi connectivity index (χ3n) is 3.48. The predicted molar refractivity (Wildman–Crippen MR) is 87.4 cm³/mol. The standard InChI is InChI=1S/C18H29NO/c1-5-13-19-16(4)7-8-17-9-11-18(12-10-17)20-14-15(3)6-2/h9-12,16,19H,3,5-8,13-14H2,1-2,4H3. The molecule has 0 saturated heterocycles. The monoisotopic (exact) mass is 275 g/mol. The van der Waals surface area contributed by atoms with Gasteiger partial charge in [-0.1, -0.05) is 32.6 Å². The number of ether oxygens (including phenoxy) is 1. The van der Waals surface area contributed by atoms with Gasteiger partial charge in [0.2, 0.25) is 0 Å². The van der Waals surface area contributed by atoms with Crippen molar-refractivity contribution < 1.29 is 4.74 Å². The summed E-state index contributed by atoms with van der Waals surface area (Å²) in [5.74, 6) is 0.931. The van der Waals surface area contributed by atoms with E-state index in [0.717, 1.165) is 30.7 Å². The van der Waals surface area contributed by atoms with Gasteiger partial charge in [0.15, 0.2) is 0 Å². The minimum absolute atomic E-state index is 0.582. The minimum atomic E-state index is 0.582. The highest BCUT2D eigenvalue weighted by atomic mass is 16.5. The molecule has 1 unspecified atom stereocenters. The van der Waals surface area contributed by atoms with Gasteiger partial charge >= 0.3 is 0 Å². The third-order valence-corrected chi connectivity index (χ3v) is 3.48. The van der Waals surface area contributed by atoms with Gasteiger partial charge in [0.05, 0.1) is 0 Å². The topological polar surface area (TPSA) is 21.3 Å². The Morgan fingerprint density at radius 2 is 1.95 bits per heavy atom. The van der Waals surface area contributed by atoms with Crippen molar-refractivity contribution in [2.24, 2.45) is 0 Å². The minimum Gasteiger partial charge on any atom is -0.489 e. The van der Waals surface area contributed by atoms with Crippen molar-refractivity contribution in [3.05, 3.63) is 42.0 Å². The van der Waals surface area contributed by atoms with Crippen LogP contribution in [-0.4, -0.2) is 19.2 Å². The summed E-state index contributed by atoms with van der Waals surface area (Å²) in [5, 5.41) is 3.52. The Hall–Kier alpha value is -1.28. The maximum atomic E-state index is 5.68. The van der Waals surface area contributed by atoms with Crippen molar-refractivity contribution in [1.82, 2.24) is 5.32 Å². The molecule has 0 spiro atoms. The summed E-state index contributed by atoms with van der Waals surface area (Å²) in [6.07, 6.45) is 4.45. The molecule has 0 aliphatic carbocycles. The average molecular weight is 275 g/mol. The molecular formula is C18H29NO. The lowest BCUT2D eigenvalue weighted by atomic mass is 10.1. The molecule has 2 heteroatoms. The summed E-state index contributed by atoms with van der Waals surface area (Å²) < 4.78 is 5.68. The van der Waals surface area contributed by atoms with E-state index in [1.54, 1.807) is 0 Å². The van der Waals surface area contributed by atoms with Crippen LogP contribution in [0.25, 0.3) is 0 Å². The highest BCUT2D eigenvalue weighted by molar-refractivity contribution is 5.27. The lowest BCUT2D eigenvalue weighted by Crippen LogP contribution is -2.27. The Balaban J connectivity index is 2.33. The highest BCUT2D eigenvalue weighted by Crippen LogP contribution is 2.15. The molecule has 0 bridgehead atoms. The van der Waals surface area contributed by atoms with Gasteiger partial charge in [0.1, 0.15) is 12.4 Å². The molecule has 0 aliphatic heterocycles. The summed E-state index contributed by atoms with van der Waals surface area (Å²) in [6, 6.07) is 9.02. The summed E-state index contributed by atoms with van der Waals surface area (Å²) in [7, 11) is 0. The van der Waals surface area contributed by atoms with Crippen LogP contribution in [0.15, 0.2) is 36.4 Å². The largest absolute Gasteiger partial charge is 0.489 e. The van der Waals surface area contributed by atoms with Crippen LogP contribution in [-0.2, 0) is 6.42 Å². The van der Waals surface area contributed by atoms with Gasteiger partial charge in [-0.05, 0) is 62.4 Å². The van der Waals surface area contributed by atoms with Gasteiger partial charge < -0.3 is 10.1 Å². The first-order valence-corrected chi connectivity index (χ1v) is 7.77. The van der Waals surface area contributed by atoms with E-state index in [2.05, 4.69) is 56.9 Å². The molecule has 0 saturated carbocycles. The third kappa shape index (κ3) is 6.76. The Labute approximate surface area is 124 Å². The number of aryl methyl sites for hydroxylation is 1. The second-order valence-electron chi connectivity index (χ2n) is 5.43. The molecule has 0 aliphatic rings. The molecule has 20 heavy (non-hydrogen) atoms. The van der Waals surface area contributed by atoms with E-state index in [1.807, 2.05) is 0 Å². The lowest BCUT2D eigenvalue weighted by Gasteiger charge is -2.13. The Morgan fingerprint density at radius 3 is 2.55 bits per heavy atom. The van der Waals surface area contributed by atoms with E-state index in [0.29, 0.717) is 12.6 Å². The molecule has 1 rings (SSSR count). The number of rotatable bonds is 10. The average Bonchev–Trinajstić information content (AvgIpc) is 2.49. The maximum absolute atomic E-state index is 5.68. The number of nitrogens with one attached hydrogen (secondary N) is 1. The van der Waals surface area contributed by atoms with Crippen LogP contribution in [0.4, 0.5) is 0 Å². The van der Waals surface area contributed by atoms with Gasteiger partial charge in [-0.15, -0.1) is 0 Å². The molecule has 1 atom stereocenters. The Morgan fingerprint density at radius 1 is 1.25 bits per heavy atom. The molecule has 0 aromatic heterocycles. The zero-order chi connectivity index (χ0) is 14.8. The zero-order valence-corrected chi connectivity index (χ0v) is 13.2. The fourth-order valence-corrected chi connectivity index (χ4v) is 1.92. The quantitative estimate of drug-likeness (QED) is 0.641. The number of benzene rings is 1. The maximum Gasteiger partial charge on any atom is 0.119 e. The first-order chi connectivity index (χ1) is 9.65. The van der Waals surface area contributed by atoms with Gasteiger partial charge in [-0.2, -0.15) is 0 Å². The van der Waals surface area contributed by atoms with Crippen molar-refractivity contribution in [2.45, 2.75) is 52.5 Å². The second-order valence-corrected chi connectivity index (χ2v) is 5.43. The lowest BCUT2D eigenvalue weighted by molar-refractivity contribution is 0.349. The smallest absolute Gasteiger partial charge is 0.119 e.